The minimum atomic E-state index is 0.821. The summed E-state index contributed by atoms with van der Waals surface area (Å²) < 4.78 is 2.41. The largest absolute Gasteiger partial charge is 0.379 e. The van der Waals surface area contributed by atoms with Crippen LogP contribution in [0.4, 0.5) is 5.69 Å². The monoisotopic (exact) mass is 423 g/mol. The molecule has 0 bridgehead atoms. The maximum absolute atomic E-state index is 4.81. The summed E-state index contributed by atoms with van der Waals surface area (Å²) in [5.74, 6) is 0. The zero-order valence-electron chi connectivity index (χ0n) is 18.0. The molecule has 4 aromatic carbocycles. The summed E-state index contributed by atoms with van der Waals surface area (Å²) in [6.07, 6.45) is 6.33. The summed E-state index contributed by atoms with van der Waals surface area (Å²) in [7, 11) is 0. The molecule has 0 radical (unpaired) electrons. The van der Waals surface area contributed by atoms with E-state index in [0.29, 0.717) is 0 Å². The van der Waals surface area contributed by atoms with E-state index >= 15 is 0 Å². The smallest absolute Gasteiger partial charge is 0.0960 e. The Morgan fingerprint density at radius 1 is 0.758 bits per heavy atom. The maximum atomic E-state index is 4.81. The van der Waals surface area contributed by atoms with Gasteiger partial charge in [0.2, 0.25) is 0 Å². The molecular formula is C30H21N3. The Balaban J connectivity index is 1.66. The van der Waals surface area contributed by atoms with Crippen molar-refractivity contribution in [3.63, 3.8) is 0 Å². The third-order valence-corrected chi connectivity index (χ3v) is 6.61. The number of rotatable bonds is 2. The first kappa shape index (κ1) is 18.2. The van der Waals surface area contributed by atoms with Crippen molar-refractivity contribution in [3.8, 4) is 16.8 Å². The summed E-state index contributed by atoms with van der Waals surface area (Å²) in [5.41, 5.74) is 9.36. The van der Waals surface area contributed by atoms with Gasteiger partial charge in [0.15, 0.2) is 0 Å². The summed E-state index contributed by atoms with van der Waals surface area (Å²) in [5, 5.41) is 7.28. The number of nitrogens with zero attached hydrogens (tertiary/aromatic N) is 2. The Kier molecular flexibility index (Phi) is 3.91. The molecule has 7 rings (SSSR count). The van der Waals surface area contributed by atoms with Crippen LogP contribution in [0.5, 0.6) is 0 Å². The van der Waals surface area contributed by atoms with Crippen LogP contribution in [0.2, 0.25) is 0 Å². The molecule has 1 N–H and O–H groups in total. The Morgan fingerprint density at radius 3 is 2.52 bits per heavy atom. The summed E-state index contributed by atoms with van der Waals surface area (Å²) in [6.45, 7) is 0.821. The number of fused-ring (bicyclic) bond motifs is 8. The normalized spacial score (nSPS) is 12.8. The second kappa shape index (κ2) is 7.07. The minimum absolute atomic E-state index is 0.821. The highest BCUT2D eigenvalue weighted by molar-refractivity contribution is 6.25. The van der Waals surface area contributed by atoms with Gasteiger partial charge in [-0.25, -0.2) is 0 Å². The molecule has 0 saturated heterocycles. The van der Waals surface area contributed by atoms with Gasteiger partial charge in [-0.1, -0.05) is 72.8 Å². The zero-order valence-corrected chi connectivity index (χ0v) is 18.0. The molecule has 0 atom stereocenters. The van der Waals surface area contributed by atoms with Crippen LogP contribution in [-0.4, -0.2) is 16.1 Å². The molecule has 0 amide bonds. The number of anilines is 1. The van der Waals surface area contributed by atoms with Crippen molar-refractivity contribution in [1.29, 1.82) is 0 Å². The number of hydrogen-bond donors (Lipinski definition) is 1. The molecule has 3 heterocycles. The predicted octanol–water partition coefficient (Wildman–Crippen LogP) is 7.44. The fourth-order valence-corrected chi connectivity index (χ4v) is 5.22. The molecule has 2 aromatic heterocycles. The Hall–Kier alpha value is -4.37. The van der Waals surface area contributed by atoms with Gasteiger partial charge in [0, 0.05) is 40.2 Å². The van der Waals surface area contributed by atoms with E-state index in [9.17, 15) is 0 Å². The van der Waals surface area contributed by atoms with E-state index < -0.39 is 0 Å². The van der Waals surface area contributed by atoms with Gasteiger partial charge in [0.05, 0.1) is 22.2 Å². The van der Waals surface area contributed by atoms with E-state index in [4.69, 9.17) is 4.98 Å². The maximum Gasteiger partial charge on any atom is 0.0960 e. The second-order valence-electron chi connectivity index (χ2n) is 8.46. The van der Waals surface area contributed by atoms with Crippen LogP contribution in [0.25, 0.3) is 55.6 Å². The molecule has 0 fully saturated rings. The molecule has 1 aliphatic rings. The number of para-hydroxylation sites is 1. The van der Waals surface area contributed by atoms with Crippen molar-refractivity contribution >= 4 is 44.5 Å². The topological polar surface area (TPSA) is 29.9 Å². The average Bonchev–Trinajstić information content (AvgIpc) is 3.25. The van der Waals surface area contributed by atoms with Gasteiger partial charge in [-0.3, -0.25) is 4.98 Å². The lowest BCUT2D eigenvalue weighted by Crippen LogP contribution is -2.06. The number of pyridine rings is 1. The zero-order chi connectivity index (χ0) is 21.8. The highest BCUT2D eigenvalue weighted by atomic mass is 15.0. The summed E-state index contributed by atoms with van der Waals surface area (Å²) >= 11 is 0. The summed E-state index contributed by atoms with van der Waals surface area (Å²) in [6, 6.07) is 32.3. The highest BCUT2D eigenvalue weighted by Crippen LogP contribution is 2.44. The molecule has 0 saturated carbocycles. The minimum Gasteiger partial charge on any atom is -0.379 e. The Labute approximate surface area is 191 Å². The van der Waals surface area contributed by atoms with Gasteiger partial charge >= 0.3 is 0 Å². The van der Waals surface area contributed by atoms with Gasteiger partial charge in [-0.2, -0.15) is 0 Å². The Morgan fingerprint density at radius 2 is 1.58 bits per heavy atom. The molecular weight excluding hydrogens is 402 g/mol. The van der Waals surface area contributed by atoms with Crippen molar-refractivity contribution in [2.75, 3.05) is 11.9 Å². The predicted molar refractivity (Wildman–Crippen MR) is 139 cm³/mol. The Bertz CT molecular complexity index is 1710. The molecule has 1 aliphatic heterocycles. The van der Waals surface area contributed by atoms with Crippen molar-refractivity contribution < 1.29 is 0 Å². The standard InChI is InChI=1S/C30H21N3/c1-2-9-20(10-3-1)21-11-6-12-22(19-21)33-26-16-5-4-13-23(26)27-24-14-7-17-31-28(24)29-25(30(27)33)15-8-18-32-29/h1-16,18-19,31H,17H2. The van der Waals surface area contributed by atoms with Crippen molar-refractivity contribution in [2.45, 2.75) is 0 Å². The van der Waals surface area contributed by atoms with E-state index in [1.54, 1.807) is 0 Å². The first-order chi connectivity index (χ1) is 16.4. The molecule has 0 spiro atoms. The van der Waals surface area contributed by atoms with Crippen LogP contribution in [0.3, 0.4) is 0 Å². The van der Waals surface area contributed by atoms with E-state index in [-0.39, 0.29) is 0 Å². The highest BCUT2D eigenvalue weighted by Gasteiger charge is 2.22. The first-order valence-corrected chi connectivity index (χ1v) is 11.3. The second-order valence-corrected chi connectivity index (χ2v) is 8.46. The molecule has 156 valence electrons. The molecule has 3 heteroatoms. The molecule has 0 unspecified atom stereocenters. The van der Waals surface area contributed by atoms with Gasteiger partial charge < -0.3 is 9.88 Å². The third kappa shape index (κ3) is 2.66. The number of aromatic nitrogens is 2. The van der Waals surface area contributed by atoms with Crippen LogP contribution >= 0.6 is 0 Å². The lowest BCUT2D eigenvalue weighted by Gasteiger charge is -2.18. The van der Waals surface area contributed by atoms with Crippen LogP contribution in [0, 0.1) is 0 Å². The molecule has 3 nitrogen and oxygen atoms in total. The quantitative estimate of drug-likeness (QED) is 0.314. The number of nitrogens with one attached hydrogen (secondary N) is 1. The van der Waals surface area contributed by atoms with Crippen LogP contribution in [0.1, 0.15) is 5.56 Å². The molecule has 0 aliphatic carbocycles. The number of hydrogen-bond acceptors (Lipinski definition) is 2. The van der Waals surface area contributed by atoms with E-state index in [0.717, 1.165) is 28.8 Å². The first-order valence-electron chi connectivity index (χ1n) is 11.3. The summed E-state index contributed by atoms with van der Waals surface area (Å²) in [4.78, 5) is 4.81. The van der Waals surface area contributed by atoms with Gasteiger partial charge in [-0.05, 0) is 41.5 Å². The third-order valence-electron chi connectivity index (χ3n) is 6.61. The van der Waals surface area contributed by atoms with Crippen molar-refractivity contribution in [1.82, 2.24) is 9.55 Å². The van der Waals surface area contributed by atoms with E-state index in [1.165, 1.54) is 38.5 Å². The van der Waals surface area contributed by atoms with E-state index in [2.05, 4.69) is 107 Å². The van der Waals surface area contributed by atoms with Crippen molar-refractivity contribution in [2.24, 2.45) is 0 Å². The van der Waals surface area contributed by atoms with Crippen LogP contribution in [0.15, 0.2) is 103 Å². The van der Waals surface area contributed by atoms with Gasteiger partial charge in [0.25, 0.3) is 0 Å². The van der Waals surface area contributed by atoms with Crippen molar-refractivity contribution in [3.05, 3.63) is 109 Å². The van der Waals surface area contributed by atoms with Crippen LogP contribution in [-0.2, 0) is 0 Å². The fraction of sp³-hybridized carbons (Fsp3) is 0.0333. The fourth-order valence-electron chi connectivity index (χ4n) is 5.22. The van der Waals surface area contributed by atoms with E-state index in [1.807, 2.05) is 12.3 Å². The van der Waals surface area contributed by atoms with Crippen LogP contribution < -0.4 is 5.32 Å². The lowest BCUT2D eigenvalue weighted by molar-refractivity contribution is 1.18. The molecule has 33 heavy (non-hydrogen) atoms. The number of benzene rings is 4. The SMILES string of the molecule is C1=Cc2c(c3ncccc3c3c2c2ccccc2n3-c2cccc(-c3ccccc3)c2)NC1. The average molecular weight is 424 g/mol. The van der Waals surface area contributed by atoms with Gasteiger partial charge in [0.1, 0.15) is 0 Å². The molecule has 6 aromatic rings. The lowest BCUT2D eigenvalue weighted by atomic mass is 9.98. The van der Waals surface area contributed by atoms with Gasteiger partial charge in [-0.15, -0.1) is 0 Å².